The molecule has 0 bridgehead atoms. The summed E-state index contributed by atoms with van der Waals surface area (Å²) in [4.78, 5) is 21.4. The van der Waals surface area contributed by atoms with Gasteiger partial charge < -0.3 is 19.3 Å². The van der Waals surface area contributed by atoms with Gasteiger partial charge in [0.2, 0.25) is 5.91 Å². The summed E-state index contributed by atoms with van der Waals surface area (Å²) in [5.41, 5.74) is 1.98. The lowest BCUT2D eigenvalue weighted by molar-refractivity contribution is -0.127. The molecule has 0 radical (unpaired) electrons. The normalized spacial score (nSPS) is 15.3. The zero-order valence-corrected chi connectivity index (χ0v) is 18.1. The number of aromatic nitrogens is 1. The van der Waals surface area contributed by atoms with E-state index in [2.05, 4.69) is 16.0 Å². The van der Waals surface area contributed by atoms with Crippen LogP contribution < -0.4 is 9.47 Å². The Kier molecular flexibility index (Phi) is 7.85. The van der Waals surface area contributed by atoms with Crippen LogP contribution in [-0.2, 0) is 11.2 Å². The number of ether oxygens (including phenoxy) is 2. The summed E-state index contributed by atoms with van der Waals surface area (Å²) in [6.07, 6.45) is 8.22. The minimum atomic E-state index is 0.0137. The molecule has 1 aromatic heterocycles. The second kappa shape index (κ2) is 10.8. The van der Waals surface area contributed by atoms with Crippen molar-refractivity contribution in [2.45, 2.75) is 25.3 Å². The zero-order valence-electron chi connectivity index (χ0n) is 18.1. The van der Waals surface area contributed by atoms with E-state index in [-0.39, 0.29) is 11.9 Å². The van der Waals surface area contributed by atoms with E-state index in [1.54, 1.807) is 26.4 Å². The van der Waals surface area contributed by atoms with Gasteiger partial charge in [0.05, 0.1) is 14.2 Å². The number of piperidine rings is 1. The number of methoxy groups -OCH3 is 2. The molecular formula is C24H31N3O3. The van der Waals surface area contributed by atoms with Crippen molar-refractivity contribution in [3.63, 3.8) is 0 Å². The van der Waals surface area contributed by atoms with E-state index in [0.717, 1.165) is 55.9 Å². The molecule has 1 aliphatic heterocycles. The van der Waals surface area contributed by atoms with Gasteiger partial charge in [-0.15, -0.1) is 0 Å². The molecule has 1 aliphatic rings. The molecule has 160 valence electrons. The van der Waals surface area contributed by atoms with Crippen molar-refractivity contribution >= 4 is 12.0 Å². The monoisotopic (exact) mass is 409 g/mol. The SMILES string of the molecule is COc1ccc(/C=C/C(=O)N(C)C2CCN(CCc3ccccn3)CC2)c(OC)c1. The van der Waals surface area contributed by atoms with Crippen LogP contribution in [0.2, 0.25) is 0 Å². The van der Waals surface area contributed by atoms with Crippen LogP contribution >= 0.6 is 0 Å². The molecule has 0 unspecified atom stereocenters. The lowest BCUT2D eigenvalue weighted by atomic mass is 10.0. The Morgan fingerprint density at radius 3 is 2.67 bits per heavy atom. The Labute approximate surface area is 179 Å². The Morgan fingerprint density at radius 1 is 1.20 bits per heavy atom. The first kappa shape index (κ1) is 21.8. The molecule has 3 rings (SSSR count). The molecule has 1 saturated heterocycles. The fraction of sp³-hybridized carbons (Fsp3) is 0.417. The fourth-order valence-electron chi connectivity index (χ4n) is 3.76. The second-order valence-corrected chi connectivity index (χ2v) is 7.53. The van der Waals surface area contributed by atoms with Gasteiger partial charge in [-0.2, -0.15) is 0 Å². The van der Waals surface area contributed by atoms with Crippen molar-refractivity contribution in [2.75, 3.05) is 40.9 Å². The molecule has 0 aliphatic carbocycles. The van der Waals surface area contributed by atoms with E-state index >= 15 is 0 Å². The Hall–Kier alpha value is -2.86. The third kappa shape index (κ3) is 5.83. The van der Waals surface area contributed by atoms with Gasteiger partial charge in [0.25, 0.3) is 0 Å². The lowest BCUT2D eigenvalue weighted by Crippen LogP contribution is -2.45. The van der Waals surface area contributed by atoms with E-state index in [1.165, 1.54) is 0 Å². The van der Waals surface area contributed by atoms with E-state index in [4.69, 9.17) is 9.47 Å². The van der Waals surface area contributed by atoms with E-state index < -0.39 is 0 Å². The van der Waals surface area contributed by atoms with Gasteiger partial charge in [0, 0.05) is 68.7 Å². The molecule has 6 nitrogen and oxygen atoms in total. The molecule has 2 aromatic rings. The number of nitrogens with zero attached hydrogens (tertiary/aromatic N) is 3. The molecule has 1 amide bonds. The highest BCUT2D eigenvalue weighted by Crippen LogP contribution is 2.25. The first-order chi connectivity index (χ1) is 14.6. The van der Waals surface area contributed by atoms with Crippen LogP contribution in [0.5, 0.6) is 11.5 Å². The minimum Gasteiger partial charge on any atom is -0.497 e. The van der Waals surface area contributed by atoms with Crippen molar-refractivity contribution in [3.8, 4) is 11.5 Å². The van der Waals surface area contributed by atoms with Crippen LogP contribution in [0.1, 0.15) is 24.1 Å². The third-order valence-corrected chi connectivity index (χ3v) is 5.71. The number of carbonyl (C=O) groups excluding carboxylic acids is 1. The average molecular weight is 410 g/mol. The Bertz CT molecular complexity index is 846. The number of amides is 1. The van der Waals surface area contributed by atoms with Gasteiger partial charge >= 0.3 is 0 Å². The summed E-state index contributed by atoms with van der Waals surface area (Å²) in [5, 5.41) is 0. The van der Waals surface area contributed by atoms with Crippen molar-refractivity contribution in [1.29, 1.82) is 0 Å². The number of likely N-dealkylation sites (N-methyl/N-ethyl adjacent to an activating group) is 1. The van der Waals surface area contributed by atoms with E-state index in [1.807, 2.05) is 48.5 Å². The van der Waals surface area contributed by atoms with Crippen LogP contribution in [0.3, 0.4) is 0 Å². The summed E-state index contributed by atoms with van der Waals surface area (Å²) in [6.45, 7) is 3.02. The van der Waals surface area contributed by atoms with Gasteiger partial charge in [-0.1, -0.05) is 6.07 Å². The lowest BCUT2D eigenvalue weighted by Gasteiger charge is -2.36. The first-order valence-electron chi connectivity index (χ1n) is 10.4. The highest BCUT2D eigenvalue weighted by atomic mass is 16.5. The predicted octanol–water partition coefficient (Wildman–Crippen LogP) is 3.28. The van der Waals surface area contributed by atoms with Crippen LogP contribution in [0.4, 0.5) is 0 Å². The molecule has 30 heavy (non-hydrogen) atoms. The molecule has 2 heterocycles. The highest BCUT2D eigenvalue weighted by molar-refractivity contribution is 5.92. The smallest absolute Gasteiger partial charge is 0.246 e. The maximum Gasteiger partial charge on any atom is 0.246 e. The first-order valence-corrected chi connectivity index (χ1v) is 10.4. The summed E-state index contributed by atoms with van der Waals surface area (Å²) in [7, 11) is 5.13. The van der Waals surface area contributed by atoms with Gasteiger partial charge in [-0.25, -0.2) is 0 Å². The van der Waals surface area contributed by atoms with Crippen LogP contribution in [-0.4, -0.2) is 67.6 Å². The number of pyridine rings is 1. The predicted molar refractivity (Wildman–Crippen MR) is 119 cm³/mol. The van der Waals surface area contributed by atoms with Gasteiger partial charge in [-0.05, 0) is 43.2 Å². The molecule has 1 aromatic carbocycles. The van der Waals surface area contributed by atoms with Crippen LogP contribution in [0.25, 0.3) is 6.08 Å². The molecule has 0 saturated carbocycles. The Balaban J connectivity index is 1.49. The van der Waals surface area contributed by atoms with Gasteiger partial charge in [0.15, 0.2) is 0 Å². The standard InChI is InChI=1S/C24H31N3O3/c1-26(24(28)10-8-19-7-9-22(29-2)18-23(19)30-3)21-12-16-27(17-13-21)15-11-20-6-4-5-14-25-20/h4-10,14,18,21H,11-13,15-17H2,1-3H3/b10-8+. The number of benzene rings is 1. The molecule has 0 atom stereocenters. The number of rotatable bonds is 8. The number of likely N-dealkylation sites (tertiary alicyclic amines) is 1. The topological polar surface area (TPSA) is 54.9 Å². The summed E-state index contributed by atoms with van der Waals surface area (Å²) < 4.78 is 10.6. The van der Waals surface area contributed by atoms with Crippen LogP contribution in [0, 0.1) is 0 Å². The Morgan fingerprint density at radius 2 is 2.00 bits per heavy atom. The molecular weight excluding hydrogens is 378 g/mol. The number of carbonyl (C=O) groups is 1. The van der Waals surface area contributed by atoms with Crippen molar-refractivity contribution in [3.05, 3.63) is 59.9 Å². The third-order valence-electron chi connectivity index (χ3n) is 5.71. The average Bonchev–Trinajstić information content (AvgIpc) is 2.81. The summed E-state index contributed by atoms with van der Waals surface area (Å²) in [5.74, 6) is 1.42. The quantitative estimate of drug-likeness (QED) is 0.627. The molecule has 0 N–H and O–H groups in total. The van der Waals surface area contributed by atoms with Crippen LogP contribution in [0.15, 0.2) is 48.7 Å². The maximum absolute atomic E-state index is 12.7. The highest BCUT2D eigenvalue weighted by Gasteiger charge is 2.24. The van der Waals surface area contributed by atoms with Gasteiger partial charge in [0.1, 0.15) is 11.5 Å². The van der Waals surface area contributed by atoms with Crippen molar-refractivity contribution in [2.24, 2.45) is 0 Å². The summed E-state index contributed by atoms with van der Waals surface area (Å²) in [6, 6.07) is 11.9. The molecule has 6 heteroatoms. The number of hydrogen-bond acceptors (Lipinski definition) is 5. The fourth-order valence-corrected chi connectivity index (χ4v) is 3.76. The zero-order chi connectivity index (χ0) is 21.3. The van der Waals surface area contributed by atoms with Crippen molar-refractivity contribution < 1.29 is 14.3 Å². The van der Waals surface area contributed by atoms with E-state index in [0.29, 0.717) is 5.75 Å². The largest absolute Gasteiger partial charge is 0.497 e. The second-order valence-electron chi connectivity index (χ2n) is 7.53. The maximum atomic E-state index is 12.7. The number of hydrogen-bond donors (Lipinski definition) is 0. The summed E-state index contributed by atoms with van der Waals surface area (Å²) >= 11 is 0. The van der Waals surface area contributed by atoms with Gasteiger partial charge in [-0.3, -0.25) is 9.78 Å². The van der Waals surface area contributed by atoms with Crippen molar-refractivity contribution in [1.82, 2.24) is 14.8 Å². The molecule has 0 spiro atoms. The molecule has 1 fully saturated rings. The minimum absolute atomic E-state index is 0.0137. The van der Waals surface area contributed by atoms with E-state index in [9.17, 15) is 4.79 Å².